The van der Waals surface area contributed by atoms with Gasteiger partial charge in [0.1, 0.15) is 12.4 Å². The second-order valence-corrected chi connectivity index (χ2v) is 5.32. The van der Waals surface area contributed by atoms with Gasteiger partial charge in [0.25, 0.3) is 0 Å². The van der Waals surface area contributed by atoms with Gasteiger partial charge in [-0.15, -0.1) is 12.4 Å². The van der Waals surface area contributed by atoms with Crippen LogP contribution in [0.25, 0.3) is 10.8 Å². The first-order valence-electron chi connectivity index (χ1n) is 7.76. The maximum atomic E-state index is 6.09. The second-order valence-electron chi connectivity index (χ2n) is 5.32. The van der Waals surface area contributed by atoms with Crippen LogP contribution in [0.4, 0.5) is 0 Å². The second kappa shape index (κ2) is 8.56. The molecule has 0 aliphatic rings. The van der Waals surface area contributed by atoms with Crippen LogP contribution in [0.15, 0.2) is 66.7 Å². The number of fused-ring (bicyclic) bond motifs is 1. The minimum atomic E-state index is 0. The summed E-state index contributed by atoms with van der Waals surface area (Å²) in [6.07, 6.45) is 0. The van der Waals surface area contributed by atoms with Gasteiger partial charge in [0.15, 0.2) is 0 Å². The van der Waals surface area contributed by atoms with Gasteiger partial charge < -0.3 is 10.1 Å². The highest BCUT2D eigenvalue weighted by molar-refractivity contribution is 5.87. The predicted molar refractivity (Wildman–Crippen MR) is 99.4 cm³/mol. The van der Waals surface area contributed by atoms with Crippen LogP contribution in [0.2, 0.25) is 0 Å². The molecule has 1 N–H and O–H groups in total. The monoisotopic (exact) mass is 327 g/mol. The number of rotatable bonds is 6. The van der Waals surface area contributed by atoms with Gasteiger partial charge in [0.05, 0.1) is 0 Å². The van der Waals surface area contributed by atoms with Crippen LogP contribution in [0.5, 0.6) is 5.75 Å². The highest BCUT2D eigenvalue weighted by Gasteiger charge is 2.08. The lowest BCUT2D eigenvalue weighted by molar-refractivity contribution is 0.303. The highest BCUT2D eigenvalue weighted by Crippen LogP contribution is 2.28. The average Bonchev–Trinajstić information content (AvgIpc) is 2.59. The first-order valence-corrected chi connectivity index (χ1v) is 7.76. The number of nitrogens with one attached hydrogen (secondary N) is 1. The molecule has 0 heterocycles. The van der Waals surface area contributed by atoms with E-state index in [1.807, 2.05) is 18.2 Å². The number of halogens is 1. The van der Waals surface area contributed by atoms with Crippen LogP contribution in [0.1, 0.15) is 18.1 Å². The summed E-state index contributed by atoms with van der Waals surface area (Å²) < 4.78 is 6.09. The summed E-state index contributed by atoms with van der Waals surface area (Å²) in [6, 6.07) is 23.0. The fourth-order valence-corrected chi connectivity index (χ4v) is 2.62. The Labute approximate surface area is 143 Å². The van der Waals surface area contributed by atoms with E-state index in [1.165, 1.54) is 21.9 Å². The fourth-order valence-electron chi connectivity index (χ4n) is 2.62. The van der Waals surface area contributed by atoms with Crippen LogP contribution >= 0.6 is 12.4 Å². The molecular weight excluding hydrogens is 306 g/mol. The van der Waals surface area contributed by atoms with E-state index in [1.54, 1.807) is 0 Å². The fraction of sp³-hybridized carbons (Fsp3) is 0.200. The summed E-state index contributed by atoms with van der Waals surface area (Å²) in [4.78, 5) is 0. The molecule has 0 unspecified atom stereocenters. The third kappa shape index (κ3) is 4.25. The van der Waals surface area contributed by atoms with Gasteiger partial charge in [-0.1, -0.05) is 67.6 Å². The molecule has 23 heavy (non-hydrogen) atoms. The quantitative estimate of drug-likeness (QED) is 0.691. The van der Waals surface area contributed by atoms with Crippen LogP contribution < -0.4 is 10.1 Å². The summed E-state index contributed by atoms with van der Waals surface area (Å²) in [5.74, 6) is 0.962. The van der Waals surface area contributed by atoms with Crippen molar-refractivity contribution in [3.05, 3.63) is 77.9 Å². The van der Waals surface area contributed by atoms with E-state index in [2.05, 4.69) is 60.8 Å². The maximum Gasteiger partial charge on any atom is 0.124 e. The summed E-state index contributed by atoms with van der Waals surface area (Å²) in [5.41, 5.74) is 2.42. The summed E-state index contributed by atoms with van der Waals surface area (Å²) in [5, 5.41) is 5.93. The molecular formula is C20H22ClNO. The van der Waals surface area contributed by atoms with Gasteiger partial charge in [-0.05, 0) is 28.9 Å². The lowest BCUT2D eigenvalue weighted by Crippen LogP contribution is -2.13. The summed E-state index contributed by atoms with van der Waals surface area (Å²) in [6.45, 7) is 4.48. The van der Waals surface area contributed by atoms with Crippen molar-refractivity contribution in [3.8, 4) is 5.75 Å². The Bertz CT molecular complexity index is 743. The Morgan fingerprint density at radius 2 is 1.61 bits per heavy atom. The van der Waals surface area contributed by atoms with Crippen molar-refractivity contribution in [2.45, 2.75) is 20.1 Å². The van der Waals surface area contributed by atoms with Crippen LogP contribution in [-0.2, 0) is 13.2 Å². The topological polar surface area (TPSA) is 21.3 Å². The Kier molecular flexibility index (Phi) is 6.45. The SMILES string of the molecule is CCNCc1c(OCc2ccccc2)ccc2ccccc12.Cl. The lowest BCUT2D eigenvalue weighted by Gasteiger charge is -2.15. The van der Waals surface area contributed by atoms with E-state index in [0.29, 0.717) is 6.61 Å². The minimum Gasteiger partial charge on any atom is -0.489 e. The predicted octanol–water partition coefficient (Wildman–Crippen LogP) is 4.95. The number of hydrogen-bond acceptors (Lipinski definition) is 2. The molecule has 0 spiro atoms. The molecule has 0 bridgehead atoms. The van der Waals surface area contributed by atoms with Gasteiger partial charge in [0, 0.05) is 12.1 Å². The van der Waals surface area contributed by atoms with Crippen molar-refractivity contribution in [1.29, 1.82) is 0 Å². The Morgan fingerprint density at radius 1 is 0.870 bits per heavy atom. The minimum absolute atomic E-state index is 0. The number of ether oxygens (including phenoxy) is 1. The van der Waals surface area contributed by atoms with Crippen molar-refractivity contribution < 1.29 is 4.74 Å². The molecule has 0 aromatic heterocycles. The van der Waals surface area contributed by atoms with E-state index in [-0.39, 0.29) is 12.4 Å². The molecule has 0 aliphatic heterocycles. The summed E-state index contributed by atoms with van der Waals surface area (Å²) in [7, 11) is 0. The zero-order chi connectivity index (χ0) is 15.2. The van der Waals surface area contributed by atoms with Crippen molar-refractivity contribution in [3.63, 3.8) is 0 Å². The van der Waals surface area contributed by atoms with Crippen LogP contribution in [-0.4, -0.2) is 6.54 Å². The average molecular weight is 328 g/mol. The summed E-state index contributed by atoms with van der Waals surface area (Å²) >= 11 is 0. The first-order chi connectivity index (χ1) is 10.9. The Morgan fingerprint density at radius 3 is 2.39 bits per heavy atom. The Balaban J connectivity index is 0.00000192. The van der Waals surface area contributed by atoms with Crippen molar-refractivity contribution >= 4 is 23.2 Å². The van der Waals surface area contributed by atoms with E-state index in [9.17, 15) is 0 Å². The largest absolute Gasteiger partial charge is 0.489 e. The first kappa shape index (κ1) is 17.3. The van der Waals surface area contributed by atoms with E-state index in [0.717, 1.165) is 18.8 Å². The zero-order valence-corrected chi connectivity index (χ0v) is 14.1. The maximum absolute atomic E-state index is 6.09. The Hall–Kier alpha value is -2.03. The molecule has 3 aromatic carbocycles. The molecule has 3 rings (SSSR count). The standard InChI is InChI=1S/C20H21NO.ClH/c1-2-21-14-19-18-11-7-6-10-17(18)12-13-20(19)22-15-16-8-4-3-5-9-16;/h3-13,21H,2,14-15H2,1H3;1H. The van der Waals surface area contributed by atoms with Crippen LogP contribution in [0.3, 0.4) is 0 Å². The third-order valence-corrected chi connectivity index (χ3v) is 3.79. The van der Waals surface area contributed by atoms with Crippen molar-refractivity contribution in [2.24, 2.45) is 0 Å². The molecule has 0 atom stereocenters. The van der Waals surface area contributed by atoms with Crippen molar-refractivity contribution in [1.82, 2.24) is 5.32 Å². The molecule has 3 aromatic rings. The van der Waals surface area contributed by atoms with Crippen molar-refractivity contribution in [2.75, 3.05) is 6.54 Å². The molecule has 0 saturated carbocycles. The zero-order valence-electron chi connectivity index (χ0n) is 13.3. The van der Waals surface area contributed by atoms with E-state index >= 15 is 0 Å². The van der Waals surface area contributed by atoms with Gasteiger partial charge in [-0.3, -0.25) is 0 Å². The van der Waals surface area contributed by atoms with E-state index in [4.69, 9.17) is 4.74 Å². The number of hydrogen-bond donors (Lipinski definition) is 1. The normalized spacial score (nSPS) is 10.3. The van der Waals surface area contributed by atoms with Gasteiger partial charge in [0.2, 0.25) is 0 Å². The van der Waals surface area contributed by atoms with Crippen LogP contribution in [0, 0.1) is 0 Å². The lowest BCUT2D eigenvalue weighted by atomic mass is 10.0. The highest BCUT2D eigenvalue weighted by atomic mass is 35.5. The molecule has 120 valence electrons. The molecule has 3 heteroatoms. The van der Waals surface area contributed by atoms with Gasteiger partial charge >= 0.3 is 0 Å². The molecule has 0 fully saturated rings. The van der Waals surface area contributed by atoms with Gasteiger partial charge in [-0.25, -0.2) is 0 Å². The molecule has 0 radical (unpaired) electrons. The molecule has 0 amide bonds. The molecule has 2 nitrogen and oxygen atoms in total. The van der Waals surface area contributed by atoms with E-state index < -0.39 is 0 Å². The smallest absolute Gasteiger partial charge is 0.124 e. The molecule has 0 aliphatic carbocycles. The number of benzene rings is 3. The van der Waals surface area contributed by atoms with Gasteiger partial charge in [-0.2, -0.15) is 0 Å². The molecule has 0 saturated heterocycles. The third-order valence-electron chi connectivity index (χ3n) is 3.79.